The summed E-state index contributed by atoms with van der Waals surface area (Å²) in [6.07, 6.45) is 0.441. The van der Waals surface area contributed by atoms with Crippen LogP contribution in [0.2, 0.25) is 0 Å². The topological polar surface area (TPSA) is 122 Å². The van der Waals surface area contributed by atoms with Crippen LogP contribution in [0.5, 0.6) is 0 Å². The molecular weight excluding hydrogens is 268 g/mol. The van der Waals surface area contributed by atoms with Gasteiger partial charge >= 0.3 is 11.9 Å². The number of carbonyl (C=O) groups excluding carboxylic acids is 3. The molecular formula is C12H18N2O6. The number of aliphatic carboxylic acids is 1. The van der Waals surface area contributed by atoms with Crippen molar-refractivity contribution in [3.05, 3.63) is 0 Å². The Kier molecular flexibility index (Phi) is 5.95. The molecule has 1 fully saturated rings. The van der Waals surface area contributed by atoms with Gasteiger partial charge in [0, 0.05) is 12.8 Å². The van der Waals surface area contributed by atoms with Crippen molar-refractivity contribution in [2.75, 3.05) is 6.61 Å². The van der Waals surface area contributed by atoms with E-state index in [1.807, 2.05) is 0 Å². The highest BCUT2D eigenvalue weighted by Crippen LogP contribution is 2.08. The number of hydrogen-bond acceptors (Lipinski definition) is 5. The van der Waals surface area contributed by atoms with E-state index >= 15 is 0 Å². The lowest BCUT2D eigenvalue weighted by molar-refractivity contribution is -0.145. The zero-order valence-corrected chi connectivity index (χ0v) is 11.2. The summed E-state index contributed by atoms with van der Waals surface area (Å²) >= 11 is 0. The maximum atomic E-state index is 11.8. The van der Waals surface area contributed by atoms with Crippen molar-refractivity contribution in [2.24, 2.45) is 0 Å². The smallest absolute Gasteiger partial charge is 0.326 e. The molecule has 1 aliphatic rings. The molecule has 0 bridgehead atoms. The number of rotatable bonds is 7. The predicted molar refractivity (Wildman–Crippen MR) is 66.6 cm³/mol. The first kappa shape index (κ1) is 15.9. The third kappa shape index (κ3) is 4.87. The van der Waals surface area contributed by atoms with Gasteiger partial charge in [0.25, 0.3) is 0 Å². The van der Waals surface area contributed by atoms with Crippen LogP contribution in [0, 0.1) is 0 Å². The molecule has 1 saturated heterocycles. The summed E-state index contributed by atoms with van der Waals surface area (Å²) in [6, 6.07) is -1.88. The van der Waals surface area contributed by atoms with Gasteiger partial charge in [-0.1, -0.05) is 0 Å². The Labute approximate surface area is 115 Å². The molecule has 8 heteroatoms. The van der Waals surface area contributed by atoms with Crippen molar-refractivity contribution in [1.29, 1.82) is 0 Å². The minimum atomic E-state index is -1.23. The molecule has 1 unspecified atom stereocenters. The number of ether oxygens (including phenoxy) is 1. The lowest BCUT2D eigenvalue weighted by Crippen LogP contribution is -2.48. The number of hydrogen-bond donors (Lipinski definition) is 3. The Hall–Kier alpha value is -2.12. The zero-order valence-electron chi connectivity index (χ0n) is 11.2. The van der Waals surface area contributed by atoms with Gasteiger partial charge in [0.15, 0.2) is 0 Å². The largest absolute Gasteiger partial charge is 0.480 e. The number of nitrogens with one attached hydrogen (secondary N) is 2. The van der Waals surface area contributed by atoms with Gasteiger partial charge in [-0.2, -0.15) is 0 Å². The third-order valence-electron chi connectivity index (χ3n) is 2.87. The van der Waals surface area contributed by atoms with E-state index in [2.05, 4.69) is 15.4 Å². The summed E-state index contributed by atoms with van der Waals surface area (Å²) in [4.78, 5) is 45.0. The molecule has 112 valence electrons. The van der Waals surface area contributed by atoms with E-state index < -0.39 is 29.9 Å². The highest BCUT2D eigenvalue weighted by atomic mass is 16.5. The van der Waals surface area contributed by atoms with Crippen LogP contribution in [0.25, 0.3) is 0 Å². The number of carbonyl (C=O) groups is 4. The van der Waals surface area contributed by atoms with Crippen molar-refractivity contribution < 1.29 is 29.0 Å². The van der Waals surface area contributed by atoms with Crippen molar-refractivity contribution in [1.82, 2.24) is 10.6 Å². The first-order chi connectivity index (χ1) is 9.43. The molecule has 2 atom stereocenters. The monoisotopic (exact) mass is 286 g/mol. The number of carboxylic acid groups (broad SMARTS) is 1. The van der Waals surface area contributed by atoms with E-state index in [1.54, 1.807) is 6.92 Å². The van der Waals surface area contributed by atoms with Gasteiger partial charge in [0.2, 0.25) is 11.8 Å². The number of amides is 2. The number of esters is 1. The minimum Gasteiger partial charge on any atom is -0.480 e. The molecule has 8 nitrogen and oxygen atoms in total. The first-order valence-electron chi connectivity index (χ1n) is 6.42. The van der Waals surface area contributed by atoms with E-state index in [1.165, 1.54) is 0 Å². The second-order valence-electron chi connectivity index (χ2n) is 4.40. The van der Waals surface area contributed by atoms with Crippen LogP contribution in [-0.4, -0.2) is 47.6 Å². The second-order valence-corrected chi connectivity index (χ2v) is 4.40. The first-order valence-corrected chi connectivity index (χ1v) is 6.42. The lowest BCUT2D eigenvalue weighted by atomic mass is 10.1. The molecule has 20 heavy (non-hydrogen) atoms. The van der Waals surface area contributed by atoms with E-state index in [9.17, 15) is 19.2 Å². The summed E-state index contributed by atoms with van der Waals surface area (Å²) < 4.78 is 4.69. The molecule has 0 saturated carbocycles. The van der Waals surface area contributed by atoms with Gasteiger partial charge in [-0.3, -0.25) is 14.4 Å². The molecule has 0 radical (unpaired) electrons. The Morgan fingerprint density at radius 3 is 2.70 bits per heavy atom. The van der Waals surface area contributed by atoms with Crippen LogP contribution >= 0.6 is 0 Å². The van der Waals surface area contributed by atoms with Gasteiger partial charge in [0.05, 0.1) is 6.61 Å². The molecule has 2 amide bonds. The summed E-state index contributed by atoms with van der Waals surface area (Å²) in [5.41, 5.74) is 0. The van der Waals surface area contributed by atoms with Gasteiger partial charge in [-0.25, -0.2) is 4.79 Å². The molecule has 1 aliphatic heterocycles. The molecule has 0 aromatic carbocycles. The molecule has 3 N–H and O–H groups in total. The molecule has 1 heterocycles. The highest BCUT2D eigenvalue weighted by molar-refractivity contribution is 5.92. The Morgan fingerprint density at radius 1 is 1.50 bits per heavy atom. The fourth-order valence-electron chi connectivity index (χ4n) is 1.84. The van der Waals surface area contributed by atoms with Gasteiger partial charge < -0.3 is 20.5 Å². The van der Waals surface area contributed by atoms with Gasteiger partial charge in [-0.15, -0.1) is 0 Å². The average molecular weight is 286 g/mol. The fourth-order valence-corrected chi connectivity index (χ4v) is 1.84. The summed E-state index contributed by atoms with van der Waals surface area (Å²) in [7, 11) is 0. The lowest BCUT2D eigenvalue weighted by Gasteiger charge is -2.17. The van der Waals surface area contributed by atoms with E-state index in [0.29, 0.717) is 6.42 Å². The number of carboxylic acids is 1. The Morgan fingerprint density at radius 2 is 2.20 bits per heavy atom. The second kappa shape index (κ2) is 7.46. The van der Waals surface area contributed by atoms with Crippen LogP contribution in [-0.2, 0) is 23.9 Å². The van der Waals surface area contributed by atoms with E-state index in [0.717, 1.165) is 0 Å². The normalized spacial score (nSPS) is 19.1. The molecule has 0 spiro atoms. The standard InChI is InChI=1S/C12H18N2O6/c1-2-20-10(16)6-4-8(12(18)19)14-11(17)7-3-5-9(15)13-7/h7-8H,2-6H2,1H3,(H,13,15)(H,14,17)(H,18,19)/t7?,8-/m0/s1. The fraction of sp³-hybridized carbons (Fsp3) is 0.667. The van der Waals surface area contributed by atoms with Crippen molar-refractivity contribution >= 4 is 23.8 Å². The quantitative estimate of drug-likeness (QED) is 0.525. The SMILES string of the molecule is CCOC(=O)CC[C@H](NC(=O)C1CCC(=O)N1)C(=O)O. The maximum absolute atomic E-state index is 11.8. The Bertz CT molecular complexity index is 409. The summed E-state index contributed by atoms with van der Waals surface area (Å²) in [5.74, 6) is -2.52. The van der Waals surface area contributed by atoms with Crippen LogP contribution in [0.1, 0.15) is 32.6 Å². The van der Waals surface area contributed by atoms with Crippen LogP contribution in [0.3, 0.4) is 0 Å². The molecule has 0 aromatic heterocycles. The molecule has 0 aliphatic carbocycles. The van der Waals surface area contributed by atoms with Crippen molar-refractivity contribution in [3.63, 3.8) is 0 Å². The molecule has 1 rings (SSSR count). The maximum Gasteiger partial charge on any atom is 0.326 e. The van der Waals surface area contributed by atoms with Crippen LogP contribution in [0.4, 0.5) is 0 Å². The van der Waals surface area contributed by atoms with Crippen LogP contribution < -0.4 is 10.6 Å². The third-order valence-corrected chi connectivity index (χ3v) is 2.87. The van der Waals surface area contributed by atoms with E-state index in [-0.39, 0.29) is 31.8 Å². The zero-order chi connectivity index (χ0) is 15.1. The minimum absolute atomic E-state index is 0.0550. The summed E-state index contributed by atoms with van der Waals surface area (Å²) in [6.45, 7) is 1.87. The predicted octanol–water partition coefficient (Wildman–Crippen LogP) is -0.822. The average Bonchev–Trinajstić information content (AvgIpc) is 2.81. The highest BCUT2D eigenvalue weighted by Gasteiger charge is 2.30. The van der Waals surface area contributed by atoms with Gasteiger partial charge in [-0.05, 0) is 19.8 Å². The van der Waals surface area contributed by atoms with E-state index in [4.69, 9.17) is 5.11 Å². The van der Waals surface area contributed by atoms with Crippen LogP contribution in [0.15, 0.2) is 0 Å². The van der Waals surface area contributed by atoms with Crippen molar-refractivity contribution in [2.45, 2.75) is 44.7 Å². The Balaban J connectivity index is 2.46. The van der Waals surface area contributed by atoms with Gasteiger partial charge in [0.1, 0.15) is 12.1 Å². The molecule has 0 aromatic rings. The van der Waals surface area contributed by atoms with Crippen molar-refractivity contribution in [3.8, 4) is 0 Å². The summed E-state index contributed by atoms with van der Waals surface area (Å²) in [5, 5.41) is 13.8.